The highest BCUT2D eigenvalue weighted by Gasteiger charge is 2.18. The summed E-state index contributed by atoms with van der Waals surface area (Å²) in [4.78, 5) is 6.61. The van der Waals surface area contributed by atoms with Gasteiger partial charge in [0, 0.05) is 69.8 Å². The number of rotatable bonds is 4. The van der Waals surface area contributed by atoms with Gasteiger partial charge in [-0.1, -0.05) is 97.1 Å². The number of benzene rings is 7. The standard InChI is InChI=1S/C43H26N2S2/c1-3-7-34-29(5-1)11-17-38-36-19-15-32(25-40(36)46-42(34)38)45(31-13-9-27(10-14-31)28-21-23-44-24-22-28)33-16-20-37-39-18-12-30-6-2-4-8-35(30)43(39)47-41(37)26-33/h1-26H. The molecule has 4 heteroatoms. The first kappa shape index (κ1) is 26.6. The maximum Gasteiger partial charge on any atom is 0.0476 e. The quantitative estimate of drug-likeness (QED) is 0.191. The average molecular weight is 635 g/mol. The van der Waals surface area contributed by atoms with Crippen LogP contribution in [0.1, 0.15) is 0 Å². The van der Waals surface area contributed by atoms with Gasteiger partial charge in [-0.15, -0.1) is 22.7 Å². The van der Waals surface area contributed by atoms with Crippen molar-refractivity contribution in [2.45, 2.75) is 0 Å². The third kappa shape index (κ3) is 4.26. The summed E-state index contributed by atoms with van der Waals surface area (Å²) in [5, 5.41) is 10.5. The Balaban J connectivity index is 1.17. The van der Waals surface area contributed by atoms with Crippen LogP contribution < -0.4 is 4.90 Å². The molecular formula is C43H26N2S2. The van der Waals surface area contributed by atoms with Gasteiger partial charge in [-0.05, 0) is 81.2 Å². The Morgan fingerprint density at radius 2 is 0.851 bits per heavy atom. The average Bonchev–Trinajstić information content (AvgIpc) is 3.71. The Bertz CT molecular complexity index is 2640. The molecule has 220 valence electrons. The zero-order valence-corrected chi connectivity index (χ0v) is 26.9. The minimum absolute atomic E-state index is 1.12. The maximum atomic E-state index is 4.20. The van der Waals surface area contributed by atoms with Gasteiger partial charge in [0.2, 0.25) is 0 Å². The van der Waals surface area contributed by atoms with Gasteiger partial charge in [0.15, 0.2) is 0 Å². The van der Waals surface area contributed by atoms with Crippen molar-refractivity contribution in [1.82, 2.24) is 4.98 Å². The van der Waals surface area contributed by atoms with Gasteiger partial charge < -0.3 is 4.90 Å². The molecule has 0 aliphatic rings. The van der Waals surface area contributed by atoms with Crippen LogP contribution >= 0.6 is 22.7 Å². The monoisotopic (exact) mass is 634 g/mol. The summed E-state index contributed by atoms with van der Waals surface area (Å²) in [6.45, 7) is 0. The van der Waals surface area contributed by atoms with Crippen LogP contribution in [0.25, 0.3) is 73.0 Å². The number of anilines is 3. The van der Waals surface area contributed by atoms with Gasteiger partial charge in [0.1, 0.15) is 0 Å². The van der Waals surface area contributed by atoms with E-state index < -0.39 is 0 Å². The van der Waals surface area contributed by atoms with Crippen molar-refractivity contribution in [3.8, 4) is 11.1 Å². The fraction of sp³-hybridized carbons (Fsp3) is 0. The second-order valence-corrected chi connectivity index (χ2v) is 14.1. The first-order chi connectivity index (χ1) is 23.3. The van der Waals surface area contributed by atoms with Crippen LogP contribution in [0.5, 0.6) is 0 Å². The number of nitrogens with zero attached hydrogens (tertiary/aromatic N) is 2. The van der Waals surface area contributed by atoms with E-state index >= 15 is 0 Å². The molecule has 3 heterocycles. The number of hydrogen-bond acceptors (Lipinski definition) is 4. The molecule has 0 aliphatic carbocycles. The topological polar surface area (TPSA) is 16.1 Å². The van der Waals surface area contributed by atoms with E-state index in [2.05, 4.69) is 155 Å². The lowest BCUT2D eigenvalue weighted by Gasteiger charge is -2.26. The summed E-state index contributed by atoms with van der Waals surface area (Å²) < 4.78 is 5.29. The number of hydrogen-bond donors (Lipinski definition) is 0. The van der Waals surface area contributed by atoms with E-state index in [1.54, 1.807) is 0 Å². The molecule has 0 unspecified atom stereocenters. The minimum atomic E-state index is 1.12. The van der Waals surface area contributed by atoms with Gasteiger partial charge in [0.05, 0.1) is 0 Å². The molecule has 0 saturated heterocycles. The number of aromatic nitrogens is 1. The van der Waals surface area contributed by atoms with Gasteiger partial charge in [0.25, 0.3) is 0 Å². The minimum Gasteiger partial charge on any atom is -0.310 e. The lowest BCUT2D eigenvalue weighted by molar-refractivity contribution is 1.29. The molecule has 10 aromatic rings. The Kier molecular flexibility index (Phi) is 5.95. The molecular weight excluding hydrogens is 609 g/mol. The predicted molar refractivity (Wildman–Crippen MR) is 205 cm³/mol. The van der Waals surface area contributed by atoms with Crippen molar-refractivity contribution in [3.05, 3.63) is 158 Å². The number of thiophene rings is 2. The van der Waals surface area contributed by atoms with E-state index in [1.807, 2.05) is 35.1 Å². The first-order valence-electron chi connectivity index (χ1n) is 15.8. The molecule has 0 N–H and O–H groups in total. The van der Waals surface area contributed by atoms with Crippen LogP contribution in [-0.4, -0.2) is 4.98 Å². The van der Waals surface area contributed by atoms with E-state index in [9.17, 15) is 0 Å². The van der Waals surface area contributed by atoms with Gasteiger partial charge in [-0.3, -0.25) is 4.98 Å². The van der Waals surface area contributed by atoms with Crippen molar-refractivity contribution in [1.29, 1.82) is 0 Å². The fourth-order valence-corrected chi connectivity index (χ4v) is 9.60. The summed E-state index contributed by atoms with van der Waals surface area (Å²) in [5.41, 5.74) is 5.76. The molecule has 0 amide bonds. The van der Waals surface area contributed by atoms with Crippen LogP contribution in [0.15, 0.2) is 158 Å². The highest BCUT2D eigenvalue weighted by Crippen LogP contribution is 2.45. The van der Waals surface area contributed by atoms with Gasteiger partial charge in [-0.25, -0.2) is 0 Å². The third-order valence-electron chi connectivity index (χ3n) is 9.35. The molecule has 0 bridgehead atoms. The lowest BCUT2D eigenvalue weighted by atomic mass is 10.0. The second kappa shape index (κ2) is 10.5. The Morgan fingerprint density at radius 3 is 1.40 bits per heavy atom. The highest BCUT2D eigenvalue weighted by atomic mass is 32.1. The summed E-state index contributed by atoms with van der Waals surface area (Å²) in [6, 6.07) is 53.4. The van der Waals surface area contributed by atoms with Crippen LogP contribution in [0.2, 0.25) is 0 Å². The predicted octanol–water partition coefficient (Wildman–Crippen LogP) is 13.3. The normalized spacial score (nSPS) is 11.8. The lowest BCUT2D eigenvalue weighted by Crippen LogP contribution is -2.09. The van der Waals surface area contributed by atoms with Crippen molar-refractivity contribution >= 4 is 102 Å². The van der Waals surface area contributed by atoms with Crippen molar-refractivity contribution in [2.75, 3.05) is 4.90 Å². The first-order valence-corrected chi connectivity index (χ1v) is 17.4. The molecule has 0 aliphatic heterocycles. The van der Waals surface area contributed by atoms with Crippen molar-refractivity contribution in [2.24, 2.45) is 0 Å². The summed E-state index contributed by atoms with van der Waals surface area (Å²) in [5.74, 6) is 0. The van der Waals surface area contributed by atoms with E-state index in [0.717, 1.165) is 22.6 Å². The molecule has 10 rings (SSSR count). The smallest absolute Gasteiger partial charge is 0.0476 e. The molecule has 0 fully saturated rings. The zero-order chi connectivity index (χ0) is 30.9. The molecule has 0 radical (unpaired) electrons. The van der Waals surface area contributed by atoms with Crippen molar-refractivity contribution in [3.63, 3.8) is 0 Å². The molecule has 3 aromatic heterocycles. The van der Waals surface area contributed by atoms with E-state index in [-0.39, 0.29) is 0 Å². The molecule has 0 spiro atoms. The Morgan fingerprint density at radius 1 is 0.383 bits per heavy atom. The fourth-order valence-electron chi connectivity index (χ4n) is 7.06. The second-order valence-electron chi connectivity index (χ2n) is 12.0. The molecule has 7 aromatic carbocycles. The Labute approximate surface area is 279 Å². The van der Waals surface area contributed by atoms with Crippen LogP contribution in [0.4, 0.5) is 17.1 Å². The highest BCUT2D eigenvalue weighted by molar-refractivity contribution is 7.27. The van der Waals surface area contributed by atoms with Crippen LogP contribution in [0, 0.1) is 0 Å². The van der Waals surface area contributed by atoms with E-state index in [0.29, 0.717) is 0 Å². The number of fused-ring (bicyclic) bond motifs is 10. The SMILES string of the molecule is c1ccc2c(c1)ccc1c3ccc(N(c4ccc(-c5ccncc5)cc4)c4ccc5c(c4)sc4c6ccccc6ccc54)cc3sc21. The van der Waals surface area contributed by atoms with Crippen LogP contribution in [0.3, 0.4) is 0 Å². The Hall–Kier alpha value is -5.55. The van der Waals surface area contributed by atoms with E-state index in [1.165, 1.54) is 67.5 Å². The summed E-state index contributed by atoms with van der Waals surface area (Å²) in [7, 11) is 0. The maximum absolute atomic E-state index is 4.20. The van der Waals surface area contributed by atoms with Gasteiger partial charge >= 0.3 is 0 Å². The molecule has 0 atom stereocenters. The summed E-state index contributed by atoms with van der Waals surface area (Å²) >= 11 is 3.78. The largest absolute Gasteiger partial charge is 0.310 e. The zero-order valence-electron chi connectivity index (χ0n) is 25.2. The summed E-state index contributed by atoms with van der Waals surface area (Å²) in [6.07, 6.45) is 3.70. The number of pyridine rings is 1. The molecule has 2 nitrogen and oxygen atoms in total. The van der Waals surface area contributed by atoms with Crippen molar-refractivity contribution < 1.29 is 0 Å². The van der Waals surface area contributed by atoms with Gasteiger partial charge in [-0.2, -0.15) is 0 Å². The molecule has 0 saturated carbocycles. The van der Waals surface area contributed by atoms with E-state index in [4.69, 9.17) is 0 Å². The molecule has 47 heavy (non-hydrogen) atoms. The van der Waals surface area contributed by atoms with Crippen LogP contribution in [-0.2, 0) is 0 Å². The third-order valence-corrected chi connectivity index (χ3v) is 11.8.